The van der Waals surface area contributed by atoms with E-state index in [4.69, 9.17) is 0 Å². The Labute approximate surface area is 194 Å². The monoisotopic (exact) mass is 470 g/mol. The van der Waals surface area contributed by atoms with Crippen molar-refractivity contribution in [3.8, 4) is 0 Å². The fourth-order valence-corrected chi connectivity index (χ4v) is 4.35. The van der Waals surface area contributed by atoms with Gasteiger partial charge in [0.2, 0.25) is 0 Å². The predicted molar refractivity (Wildman–Crippen MR) is 101 cm³/mol. The summed E-state index contributed by atoms with van der Waals surface area (Å²) in [5.41, 5.74) is 9.25. The van der Waals surface area contributed by atoms with Gasteiger partial charge in [0.15, 0.2) is 0 Å². The maximum absolute atomic E-state index is 3.61. The molecule has 3 heteroatoms. The number of rotatable bonds is 2. The second-order valence-corrected chi connectivity index (χ2v) is 9.79. The summed E-state index contributed by atoms with van der Waals surface area (Å²) >= 11 is 0. The maximum Gasteiger partial charge on any atom is 4.00 e. The minimum Gasteiger partial charge on any atom is -1.00 e. The molecule has 0 nitrogen and oxygen atoms in total. The molecule has 0 atom stereocenters. The van der Waals surface area contributed by atoms with Crippen molar-refractivity contribution in [2.75, 3.05) is 0 Å². The van der Waals surface area contributed by atoms with Crippen molar-refractivity contribution in [3.63, 3.8) is 0 Å². The second kappa shape index (κ2) is 9.28. The van der Waals surface area contributed by atoms with Crippen LogP contribution in [0, 0.1) is 28.4 Å². The van der Waals surface area contributed by atoms with E-state index in [1.807, 2.05) is 0 Å². The first kappa shape index (κ1) is 28.6. The SMILES string of the molecule is CC1=[C-]CC(C(C)(C)C)=C1C(C)(C)C1=C(C(C)(C)C)C[C-]=C1C.[Cl-].[Cl-].[Zr+4]. The van der Waals surface area contributed by atoms with E-state index in [9.17, 15) is 0 Å². The Kier molecular flexibility index (Phi) is 10.2. The number of halogens is 2. The van der Waals surface area contributed by atoms with Crippen molar-refractivity contribution in [1.29, 1.82) is 0 Å². The standard InChI is InChI=1S/C23H34.2ClH.Zr/c1-15-11-13-17(21(3,4)5)19(15)23(9,10)20-16(2)12-14-18(20)22(6,7)8;;;/h13-14H2,1-10H3;2*1H;/q-2;;;+4/p-2. The Morgan fingerprint density at radius 1 is 0.615 bits per heavy atom. The molecule has 0 unspecified atom stereocenters. The second-order valence-electron chi connectivity index (χ2n) is 9.79. The molecule has 0 spiro atoms. The molecule has 0 aromatic heterocycles. The molecule has 0 amide bonds. The quantitative estimate of drug-likeness (QED) is 0.527. The molecule has 0 radical (unpaired) electrons. The third-order valence-corrected chi connectivity index (χ3v) is 5.47. The van der Waals surface area contributed by atoms with Gasteiger partial charge in [-0.3, -0.25) is 12.2 Å². The van der Waals surface area contributed by atoms with Gasteiger partial charge in [0.25, 0.3) is 0 Å². The molecule has 0 fully saturated rings. The Bertz CT molecular complexity index is 589. The zero-order valence-electron chi connectivity index (χ0n) is 18.2. The molecule has 2 aliphatic carbocycles. The van der Waals surface area contributed by atoms with Gasteiger partial charge in [0, 0.05) is 0 Å². The molecule has 144 valence electrons. The van der Waals surface area contributed by atoms with Crippen LogP contribution in [-0.4, -0.2) is 0 Å². The van der Waals surface area contributed by atoms with Crippen LogP contribution in [0.1, 0.15) is 82.1 Å². The van der Waals surface area contributed by atoms with Crippen LogP contribution >= 0.6 is 0 Å². The van der Waals surface area contributed by atoms with Crippen LogP contribution in [-0.2, 0) is 26.2 Å². The zero-order valence-corrected chi connectivity index (χ0v) is 22.1. The molecule has 2 aliphatic rings. The Balaban J connectivity index is 0. The molecule has 26 heavy (non-hydrogen) atoms. The van der Waals surface area contributed by atoms with Crippen LogP contribution in [0.2, 0.25) is 0 Å². The smallest absolute Gasteiger partial charge is 1.00 e. The summed E-state index contributed by atoms with van der Waals surface area (Å²) in [6.07, 6.45) is 9.20. The van der Waals surface area contributed by atoms with Crippen molar-refractivity contribution in [2.24, 2.45) is 16.2 Å². The fraction of sp³-hybridized carbons (Fsp3) is 0.652. The predicted octanol–water partition coefficient (Wildman–Crippen LogP) is 1.01. The van der Waals surface area contributed by atoms with E-state index in [-0.39, 0.29) is 67.3 Å². The number of allylic oxidation sites excluding steroid dienone is 8. The molecule has 0 aromatic carbocycles. The van der Waals surface area contributed by atoms with Crippen LogP contribution in [0.3, 0.4) is 0 Å². The van der Waals surface area contributed by atoms with Crippen molar-refractivity contribution >= 4 is 0 Å². The molecule has 0 heterocycles. The van der Waals surface area contributed by atoms with E-state index in [1.54, 1.807) is 11.1 Å². The summed E-state index contributed by atoms with van der Waals surface area (Å²) in [4.78, 5) is 0. The van der Waals surface area contributed by atoms with Gasteiger partial charge in [-0.1, -0.05) is 69.2 Å². The van der Waals surface area contributed by atoms with E-state index in [2.05, 4.69) is 81.4 Å². The van der Waals surface area contributed by atoms with Gasteiger partial charge < -0.3 is 24.8 Å². The van der Waals surface area contributed by atoms with Gasteiger partial charge in [-0.05, 0) is 10.8 Å². The summed E-state index contributed by atoms with van der Waals surface area (Å²) in [5.74, 6) is 0. The zero-order chi connectivity index (χ0) is 17.8. The van der Waals surface area contributed by atoms with E-state index in [0.29, 0.717) is 0 Å². The minimum atomic E-state index is 0. The summed E-state index contributed by atoms with van der Waals surface area (Å²) < 4.78 is 0. The van der Waals surface area contributed by atoms with Crippen molar-refractivity contribution < 1.29 is 51.0 Å². The van der Waals surface area contributed by atoms with Crippen LogP contribution in [0.25, 0.3) is 0 Å². The van der Waals surface area contributed by atoms with Crippen molar-refractivity contribution in [3.05, 3.63) is 45.6 Å². The summed E-state index contributed by atoms with van der Waals surface area (Å²) in [5, 5.41) is 0. The third-order valence-electron chi connectivity index (χ3n) is 5.47. The van der Waals surface area contributed by atoms with Gasteiger partial charge >= 0.3 is 26.2 Å². The van der Waals surface area contributed by atoms with E-state index >= 15 is 0 Å². The van der Waals surface area contributed by atoms with Crippen molar-refractivity contribution in [1.82, 2.24) is 0 Å². The average molecular weight is 473 g/mol. The van der Waals surface area contributed by atoms with Crippen molar-refractivity contribution in [2.45, 2.75) is 82.1 Å². The third kappa shape index (κ3) is 5.27. The minimum absolute atomic E-state index is 0. The molecule has 0 N–H and O–H groups in total. The molecule has 0 saturated heterocycles. The molecular formula is C23H34Cl2Zr. The summed E-state index contributed by atoms with van der Waals surface area (Å²) in [6.45, 7) is 23.3. The number of hydrogen-bond donors (Lipinski definition) is 0. The summed E-state index contributed by atoms with van der Waals surface area (Å²) in [6, 6.07) is 0. The van der Waals surface area contributed by atoms with Crippen LogP contribution < -0.4 is 24.8 Å². The van der Waals surface area contributed by atoms with Crippen LogP contribution in [0.5, 0.6) is 0 Å². The van der Waals surface area contributed by atoms with E-state index in [0.717, 1.165) is 12.8 Å². The molecule has 0 aromatic rings. The average Bonchev–Trinajstić information content (AvgIpc) is 2.91. The Hall–Kier alpha value is 0.423. The fourth-order valence-electron chi connectivity index (χ4n) is 4.35. The Morgan fingerprint density at radius 3 is 1.12 bits per heavy atom. The van der Waals surface area contributed by atoms with Gasteiger partial charge in [-0.25, -0.2) is 22.3 Å². The molecule has 0 saturated carbocycles. The van der Waals surface area contributed by atoms with Crippen LogP contribution in [0.15, 0.2) is 33.4 Å². The van der Waals surface area contributed by atoms with Gasteiger partial charge in [-0.2, -0.15) is 11.1 Å². The summed E-state index contributed by atoms with van der Waals surface area (Å²) in [7, 11) is 0. The topological polar surface area (TPSA) is 0 Å². The molecule has 0 aliphatic heterocycles. The van der Waals surface area contributed by atoms with Crippen LogP contribution in [0.4, 0.5) is 0 Å². The largest absolute Gasteiger partial charge is 4.00 e. The molecular weight excluding hydrogens is 438 g/mol. The van der Waals surface area contributed by atoms with E-state index in [1.165, 1.54) is 22.3 Å². The first-order valence-electron chi connectivity index (χ1n) is 8.91. The first-order chi connectivity index (χ1) is 10.3. The molecule has 2 rings (SSSR count). The van der Waals surface area contributed by atoms with Gasteiger partial charge in [0.1, 0.15) is 0 Å². The van der Waals surface area contributed by atoms with Gasteiger partial charge in [-0.15, -0.1) is 18.3 Å². The first-order valence-corrected chi connectivity index (χ1v) is 8.91. The Morgan fingerprint density at radius 2 is 0.885 bits per heavy atom. The molecule has 0 bridgehead atoms. The van der Waals surface area contributed by atoms with E-state index < -0.39 is 0 Å². The van der Waals surface area contributed by atoms with Gasteiger partial charge in [0.05, 0.1) is 0 Å². The number of hydrogen-bond acceptors (Lipinski definition) is 0. The maximum atomic E-state index is 3.61. The normalized spacial score (nSPS) is 18.1.